The third kappa shape index (κ3) is 8.40. The molecular formula is C10H22N2O5S. The number of methoxy groups -OCH3 is 1. The summed E-state index contributed by atoms with van der Waals surface area (Å²) in [6.07, 6.45) is 0. The van der Waals surface area contributed by atoms with E-state index < -0.39 is 27.8 Å². The van der Waals surface area contributed by atoms with E-state index in [2.05, 4.69) is 9.44 Å². The SMILES string of the molecule is COCCNS(=O)(=O)N[C@H](C)C(=O)OC(C)(C)C. The monoisotopic (exact) mass is 282 g/mol. The first-order valence-corrected chi connectivity index (χ1v) is 7.04. The van der Waals surface area contributed by atoms with E-state index in [-0.39, 0.29) is 13.2 Å². The molecule has 0 aliphatic heterocycles. The zero-order chi connectivity index (χ0) is 14.4. The van der Waals surface area contributed by atoms with Crippen LogP contribution in [0.5, 0.6) is 0 Å². The Balaban J connectivity index is 4.29. The van der Waals surface area contributed by atoms with Gasteiger partial charge in [0.15, 0.2) is 0 Å². The van der Waals surface area contributed by atoms with Crippen molar-refractivity contribution in [2.75, 3.05) is 20.3 Å². The summed E-state index contributed by atoms with van der Waals surface area (Å²) >= 11 is 0. The molecule has 7 nitrogen and oxygen atoms in total. The molecule has 0 unspecified atom stereocenters. The molecule has 0 aliphatic carbocycles. The molecule has 0 amide bonds. The van der Waals surface area contributed by atoms with Gasteiger partial charge in [-0.1, -0.05) is 0 Å². The zero-order valence-electron chi connectivity index (χ0n) is 11.4. The van der Waals surface area contributed by atoms with Gasteiger partial charge in [-0.2, -0.15) is 17.9 Å². The summed E-state index contributed by atoms with van der Waals surface area (Å²) in [7, 11) is -2.27. The average molecular weight is 282 g/mol. The summed E-state index contributed by atoms with van der Waals surface area (Å²) in [5, 5.41) is 0. The van der Waals surface area contributed by atoms with Crippen LogP contribution in [0.3, 0.4) is 0 Å². The van der Waals surface area contributed by atoms with Crippen molar-refractivity contribution in [2.24, 2.45) is 0 Å². The van der Waals surface area contributed by atoms with Crippen LogP contribution in [0.25, 0.3) is 0 Å². The van der Waals surface area contributed by atoms with E-state index in [0.29, 0.717) is 0 Å². The Morgan fingerprint density at radius 3 is 2.33 bits per heavy atom. The fraction of sp³-hybridized carbons (Fsp3) is 0.900. The normalized spacial score (nSPS) is 14.3. The number of carbonyl (C=O) groups is 1. The molecule has 0 spiro atoms. The number of hydrogen-bond acceptors (Lipinski definition) is 5. The second-order valence-electron chi connectivity index (χ2n) is 4.76. The van der Waals surface area contributed by atoms with E-state index in [1.54, 1.807) is 20.8 Å². The van der Waals surface area contributed by atoms with Gasteiger partial charge in [-0.05, 0) is 27.7 Å². The summed E-state index contributed by atoms with van der Waals surface area (Å²) in [5.41, 5.74) is -0.653. The lowest BCUT2D eigenvalue weighted by molar-refractivity contribution is -0.156. The summed E-state index contributed by atoms with van der Waals surface area (Å²) in [5.74, 6) is -0.625. The van der Waals surface area contributed by atoms with Crippen molar-refractivity contribution in [1.29, 1.82) is 0 Å². The predicted octanol–water partition coefficient (Wildman–Crippen LogP) is -0.213. The molecule has 8 heteroatoms. The average Bonchev–Trinajstić information content (AvgIpc) is 2.14. The molecule has 0 heterocycles. The Bertz CT molecular complexity index is 361. The van der Waals surface area contributed by atoms with Crippen LogP contribution in [0.15, 0.2) is 0 Å². The lowest BCUT2D eigenvalue weighted by Gasteiger charge is -2.22. The minimum atomic E-state index is -3.73. The molecule has 0 aliphatic rings. The first kappa shape index (κ1) is 17.3. The molecule has 0 saturated carbocycles. The Kier molecular flexibility index (Phi) is 6.76. The fourth-order valence-electron chi connectivity index (χ4n) is 0.991. The largest absolute Gasteiger partial charge is 0.459 e. The maximum atomic E-state index is 11.6. The second-order valence-corrected chi connectivity index (χ2v) is 6.29. The van der Waals surface area contributed by atoms with Gasteiger partial charge in [0.25, 0.3) is 10.2 Å². The molecule has 0 bridgehead atoms. The van der Waals surface area contributed by atoms with Crippen molar-refractivity contribution < 1.29 is 22.7 Å². The van der Waals surface area contributed by atoms with E-state index in [0.717, 1.165) is 0 Å². The highest BCUT2D eigenvalue weighted by Crippen LogP contribution is 2.08. The Morgan fingerprint density at radius 1 is 1.33 bits per heavy atom. The van der Waals surface area contributed by atoms with Crippen LogP contribution >= 0.6 is 0 Å². The molecule has 2 N–H and O–H groups in total. The molecule has 0 aromatic rings. The van der Waals surface area contributed by atoms with Gasteiger partial charge in [0.1, 0.15) is 11.6 Å². The first-order valence-electron chi connectivity index (χ1n) is 5.56. The van der Waals surface area contributed by atoms with Crippen LogP contribution in [0, 0.1) is 0 Å². The smallest absolute Gasteiger partial charge is 0.324 e. The van der Waals surface area contributed by atoms with Crippen LogP contribution in [-0.4, -0.2) is 46.3 Å². The molecule has 0 saturated heterocycles. The minimum Gasteiger partial charge on any atom is -0.459 e. The van der Waals surface area contributed by atoms with Crippen molar-refractivity contribution in [1.82, 2.24) is 9.44 Å². The molecule has 1 atom stereocenters. The van der Waals surface area contributed by atoms with Gasteiger partial charge in [0, 0.05) is 13.7 Å². The maximum Gasteiger partial charge on any atom is 0.324 e. The van der Waals surface area contributed by atoms with Gasteiger partial charge in [0.05, 0.1) is 6.61 Å². The topological polar surface area (TPSA) is 93.7 Å². The summed E-state index contributed by atoms with van der Waals surface area (Å²) in [6.45, 7) is 6.94. The number of ether oxygens (including phenoxy) is 2. The summed E-state index contributed by atoms with van der Waals surface area (Å²) < 4.78 is 37.2. The fourth-order valence-corrected chi connectivity index (χ4v) is 1.99. The second kappa shape index (κ2) is 7.03. The van der Waals surface area contributed by atoms with Crippen molar-refractivity contribution in [2.45, 2.75) is 39.3 Å². The van der Waals surface area contributed by atoms with Gasteiger partial charge in [-0.25, -0.2) is 0 Å². The third-order valence-electron chi connectivity index (χ3n) is 1.69. The van der Waals surface area contributed by atoms with E-state index in [9.17, 15) is 13.2 Å². The third-order valence-corrected chi connectivity index (χ3v) is 2.94. The molecular weight excluding hydrogens is 260 g/mol. The molecule has 0 rings (SSSR count). The van der Waals surface area contributed by atoms with Gasteiger partial charge in [-0.3, -0.25) is 4.79 Å². The molecule has 18 heavy (non-hydrogen) atoms. The Morgan fingerprint density at radius 2 is 1.89 bits per heavy atom. The molecule has 0 aromatic heterocycles. The molecule has 0 aromatic carbocycles. The Hall–Kier alpha value is -0.700. The molecule has 0 fully saturated rings. The first-order chi connectivity index (χ1) is 8.07. The molecule has 108 valence electrons. The van der Waals surface area contributed by atoms with E-state index in [4.69, 9.17) is 9.47 Å². The van der Waals surface area contributed by atoms with Crippen molar-refractivity contribution >= 4 is 16.2 Å². The van der Waals surface area contributed by atoms with Gasteiger partial charge in [0.2, 0.25) is 0 Å². The standard InChI is InChI=1S/C10H22N2O5S/c1-8(9(13)17-10(2,3)4)12-18(14,15)11-6-7-16-5/h8,11-12H,6-7H2,1-5H3/t8-/m1/s1. The summed E-state index contributed by atoms with van der Waals surface area (Å²) in [6, 6.07) is -0.954. The van der Waals surface area contributed by atoms with E-state index in [1.165, 1.54) is 14.0 Å². The lowest BCUT2D eigenvalue weighted by Crippen LogP contribution is -2.47. The number of rotatable bonds is 7. The van der Waals surface area contributed by atoms with Crippen LogP contribution in [0.1, 0.15) is 27.7 Å². The highest BCUT2D eigenvalue weighted by Gasteiger charge is 2.25. The maximum absolute atomic E-state index is 11.6. The Labute approximate surface area is 108 Å². The minimum absolute atomic E-state index is 0.132. The van der Waals surface area contributed by atoms with Gasteiger partial charge in [-0.15, -0.1) is 0 Å². The quantitative estimate of drug-likeness (QED) is 0.497. The zero-order valence-corrected chi connectivity index (χ0v) is 12.3. The predicted molar refractivity (Wildman–Crippen MR) is 67.2 cm³/mol. The number of hydrogen-bond donors (Lipinski definition) is 2. The van der Waals surface area contributed by atoms with Gasteiger partial charge >= 0.3 is 5.97 Å². The number of carbonyl (C=O) groups excluding carboxylic acids is 1. The van der Waals surface area contributed by atoms with Crippen molar-refractivity contribution in [3.8, 4) is 0 Å². The van der Waals surface area contributed by atoms with Crippen LogP contribution in [0.4, 0.5) is 0 Å². The molecule has 0 radical (unpaired) electrons. The van der Waals surface area contributed by atoms with Crippen LogP contribution in [0.2, 0.25) is 0 Å². The van der Waals surface area contributed by atoms with Crippen molar-refractivity contribution in [3.05, 3.63) is 0 Å². The number of nitrogens with one attached hydrogen (secondary N) is 2. The number of esters is 1. The van der Waals surface area contributed by atoms with Crippen LogP contribution in [-0.2, 0) is 24.5 Å². The highest BCUT2D eigenvalue weighted by atomic mass is 32.2. The summed E-state index contributed by atoms with van der Waals surface area (Å²) in [4.78, 5) is 11.6. The van der Waals surface area contributed by atoms with Gasteiger partial charge < -0.3 is 9.47 Å². The highest BCUT2D eigenvalue weighted by molar-refractivity contribution is 7.87. The van der Waals surface area contributed by atoms with Crippen LogP contribution < -0.4 is 9.44 Å². The van der Waals surface area contributed by atoms with E-state index >= 15 is 0 Å². The lowest BCUT2D eigenvalue weighted by atomic mass is 10.2. The van der Waals surface area contributed by atoms with Crippen molar-refractivity contribution in [3.63, 3.8) is 0 Å². The van der Waals surface area contributed by atoms with E-state index in [1.807, 2.05) is 0 Å².